The maximum Gasteiger partial charge on any atom is 0.297 e. The average Bonchev–Trinajstić information content (AvgIpc) is 2.82. The van der Waals surface area contributed by atoms with E-state index in [2.05, 4.69) is 55.0 Å². The Morgan fingerprint density at radius 3 is 2.65 bits per heavy atom. The molecule has 0 unspecified atom stereocenters. The van der Waals surface area contributed by atoms with Gasteiger partial charge in [-0.1, -0.05) is 13.8 Å². The molecule has 1 aromatic heterocycles. The number of anilines is 1. The highest BCUT2D eigenvalue weighted by molar-refractivity contribution is 5.26. The number of oxazole rings is 1. The fourth-order valence-electron chi connectivity index (χ4n) is 1.98. The van der Waals surface area contributed by atoms with Gasteiger partial charge in [-0.2, -0.15) is 4.98 Å². The summed E-state index contributed by atoms with van der Waals surface area (Å²) in [7, 11) is 4.19. The zero-order valence-corrected chi connectivity index (χ0v) is 13.6. The summed E-state index contributed by atoms with van der Waals surface area (Å²) < 4.78 is 5.59. The summed E-state index contributed by atoms with van der Waals surface area (Å²) in [6, 6.07) is 0.743. The Hall–Kier alpha value is -1.07. The second-order valence-corrected chi connectivity index (χ2v) is 5.88. The molecule has 0 aliphatic carbocycles. The molecule has 0 atom stereocenters. The van der Waals surface area contributed by atoms with E-state index in [9.17, 15) is 0 Å². The molecule has 1 rings (SSSR count). The van der Waals surface area contributed by atoms with Gasteiger partial charge in [0.1, 0.15) is 6.26 Å². The van der Waals surface area contributed by atoms with Crippen LogP contribution in [0.25, 0.3) is 0 Å². The third kappa shape index (κ3) is 6.39. The van der Waals surface area contributed by atoms with Crippen molar-refractivity contribution in [3.05, 3.63) is 12.0 Å². The van der Waals surface area contributed by atoms with Gasteiger partial charge in [0, 0.05) is 19.6 Å². The van der Waals surface area contributed by atoms with Crippen molar-refractivity contribution in [1.29, 1.82) is 0 Å². The third-order valence-corrected chi connectivity index (χ3v) is 3.08. The summed E-state index contributed by atoms with van der Waals surface area (Å²) in [5.74, 6) is 0.652. The predicted molar refractivity (Wildman–Crippen MR) is 84.1 cm³/mol. The van der Waals surface area contributed by atoms with E-state index < -0.39 is 0 Å². The van der Waals surface area contributed by atoms with Gasteiger partial charge in [-0.05, 0) is 46.4 Å². The second kappa shape index (κ2) is 8.97. The smallest absolute Gasteiger partial charge is 0.297 e. The van der Waals surface area contributed by atoms with E-state index in [0.29, 0.717) is 5.92 Å². The Bertz CT molecular complexity index is 363. The van der Waals surface area contributed by atoms with Crippen molar-refractivity contribution in [1.82, 2.24) is 15.2 Å². The van der Waals surface area contributed by atoms with Gasteiger partial charge in [-0.3, -0.25) is 0 Å². The molecule has 0 aliphatic rings. The first-order valence-corrected chi connectivity index (χ1v) is 7.57. The predicted octanol–water partition coefficient (Wildman–Crippen LogP) is 2.20. The van der Waals surface area contributed by atoms with Crippen LogP contribution in [0.15, 0.2) is 10.7 Å². The number of nitrogens with one attached hydrogen (secondary N) is 1. The molecule has 1 heterocycles. The van der Waals surface area contributed by atoms with E-state index in [4.69, 9.17) is 4.42 Å². The van der Waals surface area contributed by atoms with E-state index in [-0.39, 0.29) is 0 Å². The van der Waals surface area contributed by atoms with Crippen LogP contribution in [-0.2, 0) is 6.54 Å². The molecule has 0 saturated heterocycles. The Morgan fingerprint density at radius 1 is 1.30 bits per heavy atom. The number of aromatic nitrogens is 1. The second-order valence-electron chi connectivity index (χ2n) is 5.88. The van der Waals surface area contributed by atoms with Gasteiger partial charge in [-0.25, -0.2) is 0 Å². The van der Waals surface area contributed by atoms with E-state index in [1.54, 1.807) is 6.26 Å². The number of hydrogen-bond donors (Lipinski definition) is 1. The highest BCUT2D eigenvalue weighted by atomic mass is 16.4. The lowest BCUT2D eigenvalue weighted by Crippen LogP contribution is -2.27. The van der Waals surface area contributed by atoms with Gasteiger partial charge < -0.3 is 19.5 Å². The van der Waals surface area contributed by atoms with Crippen molar-refractivity contribution < 1.29 is 4.42 Å². The fourth-order valence-corrected chi connectivity index (χ4v) is 1.98. The van der Waals surface area contributed by atoms with Crippen LogP contribution in [0, 0.1) is 5.92 Å². The first-order valence-electron chi connectivity index (χ1n) is 7.57. The molecule has 20 heavy (non-hydrogen) atoms. The molecule has 0 radical (unpaired) electrons. The maximum absolute atomic E-state index is 5.59. The van der Waals surface area contributed by atoms with Crippen molar-refractivity contribution in [3.8, 4) is 0 Å². The molecule has 1 aromatic rings. The number of nitrogens with zero attached hydrogens (tertiary/aromatic N) is 3. The van der Waals surface area contributed by atoms with Crippen LogP contribution in [0.1, 0.15) is 32.9 Å². The molecule has 0 bridgehead atoms. The normalized spacial score (nSPS) is 11.6. The van der Waals surface area contributed by atoms with Gasteiger partial charge >= 0.3 is 0 Å². The molecule has 0 fully saturated rings. The fraction of sp³-hybridized carbons (Fsp3) is 0.800. The minimum atomic E-state index is 0.652. The summed E-state index contributed by atoms with van der Waals surface area (Å²) in [6.45, 7) is 11.3. The van der Waals surface area contributed by atoms with Crippen molar-refractivity contribution in [2.45, 2.75) is 33.7 Å². The first-order chi connectivity index (χ1) is 9.52. The van der Waals surface area contributed by atoms with E-state index >= 15 is 0 Å². The molecule has 0 aromatic carbocycles. The number of hydrogen-bond acceptors (Lipinski definition) is 5. The maximum atomic E-state index is 5.59. The zero-order valence-electron chi connectivity index (χ0n) is 13.6. The largest absolute Gasteiger partial charge is 0.432 e. The number of rotatable bonds is 10. The van der Waals surface area contributed by atoms with Crippen LogP contribution in [0.5, 0.6) is 0 Å². The van der Waals surface area contributed by atoms with Gasteiger partial charge in [0.05, 0.1) is 5.69 Å². The van der Waals surface area contributed by atoms with Gasteiger partial charge in [0.2, 0.25) is 0 Å². The lowest BCUT2D eigenvalue weighted by Gasteiger charge is -2.19. The first kappa shape index (κ1) is 17.0. The molecular formula is C15H30N4O. The molecule has 0 saturated carbocycles. The van der Waals surface area contributed by atoms with Crippen LogP contribution in [-0.4, -0.2) is 50.2 Å². The molecule has 0 amide bonds. The summed E-state index contributed by atoms with van der Waals surface area (Å²) >= 11 is 0. The summed E-state index contributed by atoms with van der Waals surface area (Å²) in [5.41, 5.74) is 0.978. The molecule has 5 heteroatoms. The lowest BCUT2D eigenvalue weighted by atomic mass is 10.2. The van der Waals surface area contributed by atoms with E-state index in [1.807, 2.05) is 0 Å². The molecule has 0 spiro atoms. The molecule has 1 N–H and O–H groups in total. The van der Waals surface area contributed by atoms with Crippen molar-refractivity contribution in [2.24, 2.45) is 5.92 Å². The summed E-state index contributed by atoms with van der Waals surface area (Å²) in [4.78, 5) is 8.95. The third-order valence-electron chi connectivity index (χ3n) is 3.08. The van der Waals surface area contributed by atoms with Crippen LogP contribution >= 0.6 is 0 Å². The zero-order chi connectivity index (χ0) is 15.0. The monoisotopic (exact) mass is 282 g/mol. The Morgan fingerprint density at radius 2 is 2.05 bits per heavy atom. The van der Waals surface area contributed by atoms with E-state index in [1.165, 1.54) is 0 Å². The Labute approximate surface area is 123 Å². The molecular weight excluding hydrogens is 252 g/mol. The lowest BCUT2D eigenvalue weighted by molar-refractivity contribution is 0.397. The van der Waals surface area contributed by atoms with Gasteiger partial charge in [0.25, 0.3) is 6.01 Å². The van der Waals surface area contributed by atoms with E-state index in [0.717, 1.165) is 50.9 Å². The van der Waals surface area contributed by atoms with Crippen LogP contribution in [0.3, 0.4) is 0 Å². The molecule has 5 nitrogen and oxygen atoms in total. The highest BCUT2D eigenvalue weighted by Crippen LogP contribution is 2.13. The van der Waals surface area contributed by atoms with Crippen LogP contribution in [0.2, 0.25) is 0 Å². The van der Waals surface area contributed by atoms with Crippen LogP contribution in [0.4, 0.5) is 6.01 Å². The van der Waals surface area contributed by atoms with Crippen molar-refractivity contribution in [2.75, 3.05) is 45.2 Å². The standard InChI is InChI=1S/C15H30N4O/c1-6-19(9-7-8-18(4)5)15-17-14(12-20-15)11-16-10-13(2)3/h12-13,16H,6-11H2,1-5H3. The summed E-state index contributed by atoms with van der Waals surface area (Å²) in [6.07, 6.45) is 2.88. The topological polar surface area (TPSA) is 44.5 Å². The minimum absolute atomic E-state index is 0.652. The van der Waals surface area contributed by atoms with Crippen molar-refractivity contribution in [3.63, 3.8) is 0 Å². The SMILES string of the molecule is CCN(CCCN(C)C)c1nc(CNCC(C)C)co1. The minimum Gasteiger partial charge on any atom is -0.432 e. The van der Waals surface area contributed by atoms with Crippen molar-refractivity contribution >= 4 is 6.01 Å². The van der Waals surface area contributed by atoms with Gasteiger partial charge in [-0.15, -0.1) is 0 Å². The average molecular weight is 282 g/mol. The molecule has 0 aliphatic heterocycles. The highest BCUT2D eigenvalue weighted by Gasteiger charge is 2.11. The quantitative estimate of drug-likeness (QED) is 0.713. The van der Waals surface area contributed by atoms with Crippen LogP contribution < -0.4 is 10.2 Å². The summed E-state index contributed by atoms with van der Waals surface area (Å²) in [5, 5.41) is 3.38. The van der Waals surface area contributed by atoms with Gasteiger partial charge in [0.15, 0.2) is 0 Å². The Balaban J connectivity index is 2.42. The molecule has 116 valence electrons. The Kier molecular flexibility index (Phi) is 7.62.